The van der Waals surface area contributed by atoms with Gasteiger partial charge in [-0.25, -0.2) is 0 Å². The number of aryl methyl sites for hydroxylation is 1. The normalized spacial score (nSPS) is 29.6. The number of fused-ring (bicyclic) bond motifs is 1. The smallest absolute Gasteiger partial charge is 0.252 e. The SMILES string of the molecule is Cc1cccc2c(C(=O)N[C@H]3CN4C(=N)NC(CN5C(=O)CCC5=O)C5NC(=N)NC54C3(O)O)cccc12. The van der Waals surface area contributed by atoms with E-state index in [0.717, 1.165) is 21.2 Å². The second-order valence-corrected chi connectivity index (χ2v) is 10.2. The minimum atomic E-state index is -2.66. The van der Waals surface area contributed by atoms with Gasteiger partial charge in [0, 0.05) is 24.9 Å². The van der Waals surface area contributed by atoms with Gasteiger partial charge in [-0.3, -0.25) is 30.1 Å². The Balaban J connectivity index is 1.33. The lowest BCUT2D eigenvalue weighted by Gasteiger charge is -2.51. The number of guanidine groups is 2. The first kappa shape index (κ1) is 24.1. The third-order valence-corrected chi connectivity index (χ3v) is 8.12. The lowest BCUT2D eigenvalue weighted by molar-refractivity contribution is -0.232. The fraction of sp³-hybridized carbons (Fsp3) is 0.400. The van der Waals surface area contributed by atoms with Crippen molar-refractivity contribution in [2.45, 2.75) is 49.3 Å². The molecular formula is C25H28N8O5. The van der Waals surface area contributed by atoms with Crippen molar-refractivity contribution in [3.8, 4) is 0 Å². The van der Waals surface area contributed by atoms with E-state index in [4.69, 9.17) is 10.8 Å². The van der Waals surface area contributed by atoms with Crippen LogP contribution in [0.1, 0.15) is 28.8 Å². The number of nitrogens with one attached hydrogen (secondary N) is 6. The molecule has 0 aliphatic carbocycles. The van der Waals surface area contributed by atoms with E-state index >= 15 is 0 Å². The van der Waals surface area contributed by atoms with Gasteiger partial charge in [-0.15, -0.1) is 0 Å². The minimum Gasteiger partial charge on any atom is -0.361 e. The molecule has 0 saturated carbocycles. The van der Waals surface area contributed by atoms with Crippen LogP contribution in [-0.4, -0.2) is 92.3 Å². The van der Waals surface area contributed by atoms with E-state index in [0.29, 0.717) is 5.56 Å². The van der Waals surface area contributed by atoms with Crippen molar-refractivity contribution in [3.05, 3.63) is 47.5 Å². The number of carbonyl (C=O) groups is 3. The number of aliphatic hydroxyl groups is 2. The Morgan fingerprint density at radius 2 is 1.76 bits per heavy atom. The topological polar surface area (TPSA) is 194 Å². The third kappa shape index (κ3) is 3.21. The van der Waals surface area contributed by atoms with E-state index in [2.05, 4.69) is 21.3 Å². The van der Waals surface area contributed by atoms with Crippen LogP contribution in [-0.2, 0) is 9.59 Å². The van der Waals surface area contributed by atoms with Crippen LogP contribution in [0.4, 0.5) is 0 Å². The van der Waals surface area contributed by atoms with E-state index in [1.165, 1.54) is 4.90 Å². The number of imide groups is 1. The molecule has 3 unspecified atom stereocenters. The van der Waals surface area contributed by atoms with Gasteiger partial charge in [-0.1, -0.05) is 30.3 Å². The van der Waals surface area contributed by atoms with Crippen molar-refractivity contribution in [1.29, 1.82) is 10.8 Å². The summed E-state index contributed by atoms with van der Waals surface area (Å²) in [5.41, 5.74) is -0.463. The molecule has 38 heavy (non-hydrogen) atoms. The molecule has 4 heterocycles. The Bertz CT molecular complexity index is 1410. The zero-order valence-electron chi connectivity index (χ0n) is 20.5. The van der Waals surface area contributed by atoms with Crippen LogP contribution < -0.4 is 21.3 Å². The van der Waals surface area contributed by atoms with Gasteiger partial charge in [0.2, 0.25) is 17.6 Å². The lowest BCUT2D eigenvalue weighted by atomic mass is 9.84. The lowest BCUT2D eigenvalue weighted by Crippen LogP contribution is -2.81. The zero-order chi connectivity index (χ0) is 27.0. The predicted octanol–water partition coefficient (Wildman–Crippen LogP) is -1.51. The molecule has 4 aliphatic heterocycles. The Hall–Kier alpha value is -4.23. The van der Waals surface area contributed by atoms with Crippen LogP contribution in [0.2, 0.25) is 0 Å². The molecule has 0 radical (unpaired) electrons. The van der Waals surface area contributed by atoms with Gasteiger partial charge in [0.1, 0.15) is 6.04 Å². The monoisotopic (exact) mass is 520 g/mol. The third-order valence-electron chi connectivity index (χ3n) is 8.12. The first-order valence-electron chi connectivity index (χ1n) is 12.4. The summed E-state index contributed by atoms with van der Waals surface area (Å²) in [4.78, 5) is 40.4. The van der Waals surface area contributed by atoms with Crippen LogP contribution >= 0.6 is 0 Å². The number of hydrogen-bond acceptors (Lipinski definition) is 7. The minimum absolute atomic E-state index is 0.0954. The summed E-state index contributed by atoms with van der Waals surface area (Å²) in [7, 11) is 0. The van der Waals surface area contributed by atoms with Gasteiger partial charge >= 0.3 is 0 Å². The summed E-state index contributed by atoms with van der Waals surface area (Å²) in [5, 5.41) is 53.0. The standard InChI is InChI=1S/C25H28N8O5/c1-12-4-2-6-14-13(12)5-3-7-15(14)21(36)29-17-11-33-23(27)28-16(10-32-18(34)8-9-19(32)35)20-24(33,25(17,37)38)31-22(26)30-20/h2-7,16-17,20,37-38H,8-11H2,1H3,(H2,27,28)(H,29,36)(H3,26,30,31)/t16?,17-,20?,24?/m0/s1. The predicted molar refractivity (Wildman–Crippen MR) is 135 cm³/mol. The quantitative estimate of drug-likeness (QED) is 0.175. The van der Waals surface area contributed by atoms with Crippen molar-refractivity contribution in [2.24, 2.45) is 0 Å². The molecule has 0 bridgehead atoms. The average molecular weight is 521 g/mol. The van der Waals surface area contributed by atoms with E-state index in [9.17, 15) is 24.6 Å². The van der Waals surface area contributed by atoms with Crippen LogP contribution in [0.15, 0.2) is 36.4 Å². The van der Waals surface area contributed by atoms with Crippen molar-refractivity contribution < 1.29 is 24.6 Å². The summed E-state index contributed by atoms with van der Waals surface area (Å²) in [6.07, 6.45) is 0.191. The van der Waals surface area contributed by atoms with Gasteiger partial charge in [0.15, 0.2) is 17.6 Å². The molecule has 3 amide bonds. The van der Waals surface area contributed by atoms with E-state index in [1.807, 2.05) is 31.2 Å². The zero-order valence-corrected chi connectivity index (χ0v) is 20.5. The first-order valence-corrected chi connectivity index (χ1v) is 12.4. The molecule has 2 aromatic carbocycles. The molecule has 2 aromatic rings. The molecule has 6 rings (SSSR count). The second-order valence-electron chi connectivity index (χ2n) is 10.2. The molecule has 4 aliphatic rings. The largest absolute Gasteiger partial charge is 0.361 e. The summed E-state index contributed by atoms with van der Waals surface area (Å²) >= 11 is 0. The van der Waals surface area contributed by atoms with Crippen molar-refractivity contribution in [3.63, 3.8) is 0 Å². The number of carbonyl (C=O) groups excluding carboxylic acids is 3. The maximum Gasteiger partial charge on any atom is 0.252 e. The Morgan fingerprint density at radius 1 is 1.08 bits per heavy atom. The van der Waals surface area contributed by atoms with Gasteiger partial charge in [0.05, 0.1) is 18.6 Å². The van der Waals surface area contributed by atoms with Crippen molar-refractivity contribution >= 4 is 40.4 Å². The number of nitrogens with zero attached hydrogens (tertiary/aromatic N) is 2. The first-order chi connectivity index (χ1) is 18.0. The Morgan fingerprint density at radius 3 is 2.50 bits per heavy atom. The Labute approximate surface area is 217 Å². The average Bonchev–Trinajstić information content (AvgIpc) is 3.47. The Kier molecular flexibility index (Phi) is 5.16. The van der Waals surface area contributed by atoms with Crippen LogP contribution in [0.5, 0.6) is 0 Å². The number of likely N-dealkylation sites (tertiary alicyclic amines) is 1. The molecule has 0 aromatic heterocycles. The van der Waals surface area contributed by atoms with Gasteiger partial charge < -0.3 is 36.4 Å². The van der Waals surface area contributed by atoms with Crippen LogP contribution in [0.25, 0.3) is 10.8 Å². The van der Waals surface area contributed by atoms with Crippen molar-refractivity contribution in [1.82, 2.24) is 31.1 Å². The van der Waals surface area contributed by atoms with E-state index in [1.54, 1.807) is 12.1 Å². The molecule has 1 spiro atoms. The van der Waals surface area contributed by atoms with Crippen LogP contribution in [0, 0.1) is 17.7 Å². The van der Waals surface area contributed by atoms with Gasteiger partial charge in [-0.05, 0) is 29.3 Å². The van der Waals surface area contributed by atoms with E-state index in [-0.39, 0.29) is 49.7 Å². The molecule has 13 heteroatoms. The van der Waals surface area contributed by atoms with E-state index < -0.39 is 35.5 Å². The second kappa shape index (κ2) is 8.13. The highest BCUT2D eigenvalue weighted by atomic mass is 16.5. The highest BCUT2D eigenvalue weighted by Crippen LogP contribution is 2.43. The van der Waals surface area contributed by atoms with Crippen LogP contribution in [0.3, 0.4) is 0 Å². The van der Waals surface area contributed by atoms with Gasteiger partial charge in [0.25, 0.3) is 5.91 Å². The summed E-state index contributed by atoms with van der Waals surface area (Å²) in [5.74, 6) is -4.28. The maximum atomic E-state index is 13.4. The number of hydrogen-bond donors (Lipinski definition) is 8. The summed E-state index contributed by atoms with van der Waals surface area (Å²) < 4.78 is 0. The molecule has 198 valence electrons. The highest BCUT2D eigenvalue weighted by molar-refractivity contribution is 6.08. The molecular weight excluding hydrogens is 492 g/mol. The maximum absolute atomic E-state index is 13.4. The number of rotatable bonds is 4. The molecule has 13 nitrogen and oxygen atoms in total. The fourth-order valence-electron chi connectivity index (χ4n) is 6.26. The highest BCUT2D eigenvalue weighted by Gasteiger charge is 2.74. The number of amides is 3. The molecule has 4 saturated heterocycles. The summed E-state index contributed by atoms with van der Waals surface area (Å²) in [6.45, 7) is 1.67. The molecule has 4 atom stereocenters. The summed E-state index contributed by atoms with van der Waals surface area (Å²) in [6, 6.07) is 7.93. The van der Waals surface area contributed by atoms with Gasteiger partial charge in [-0.2, -0.15) is 0 Å². The molecule has 4 fully saturated rings. The van der Waals surface area contributed by atoms with Crippen molar-refractivity contribution in [2.75, 3.05) is 13.1 Å². The fourth-order valence-corrected chi connectivity index (χ4v) is 6.26. The number of benzene rings is 2. The molecule has 8 N–H and O–H groups in total.